The lowest BCUT2D eigenvalue weighted by Crippen LogP contribution is -2.73. The third kappa shape index (κ3) is 3.83. The van der Waals surface area contributed by atoms with Crippen molar-refractivity contribution in [2.45, 2.75) is 62.7 Å². The maximum atomic E-state index is 9.89. The zero-order valence-corrected chi connectivity index (χ0v) is 17.0. The smallest absolute Gasteiger partial charge is 0.220 e. The minimum absolute atomic E-state index is 0.253. The maximum Gasteiger partial charge on any atom is 0.220 e. The number of fused-ring (bicyclic) bond motifs is 1. The second-order valence-corrected chi connectivity index (χ2v) is 7.19. The number of ether oxygens (including phenoxy) is 7. The molecule has 28 heavy (non-hydrogen) atoms. The zero-order valence-electron chi connectivity index (χ0n) is 17.0. The van der Waals surface area contributed by atoms with E-state index in [2.05, 4.69) is 0 Å². The van der Waals surface area contributed by atoms with Crippen LogP contribution in [0.15, 0.2) is 30.3 Å². The Balaban J connectivity index is 1.88. The molecule has 0 bridgehead atoms. The topological polar surface area (TPSA) is 84.8 Å². The molecule has 0 aromatic heterocycles. The summed E-state index contributed by atoms with van der Waals surface area (Å²) in [6.07, 6.45) is -3.24. The quantitative estimate of drug-likeness (QED) is 0.739. The third-order valence-corrected chi connectivity index (χ3v) is 5.61. The third-order valence-electron chi connectivity index (χ3n) is 5.61. The minimum atomic E-state index is -1.20. The second-order valence-electron chi connectivity index (χ2n) is 7.19. The van der Waals surface area contributed by atoms with Crippen molar-refractivity contribution < 1.29 is 38.3 Å². The molecule has 1 N–H and O–H groups in total. The van der Waals surface area contributed by atoms with Gasteiger partial charge in [0.05, 0.1) is 13.2 Å². The number of benzene rings is 1. The van der Waals surface area contributed by atoms with Crippen molar-refractivity contribution in [1.29, 1.82) is 0 Å². The molecule has 2 saturated heterocycles. The Labute approximate surface area is 165 Å². The van der Waals surface area contributed by atoms with Crippen LogP contribution in [-0.4, -0.2) is 75.3 Å². The van der Waals surface area contributed by atoms with Crippen molar-refractivity contribution in [2.75, 3.05) is 27.9 Å². The number of aliphatic hydroxyl groups excluding tert-OH is 1. The van der Waals surface area contributed by atoms with Crippen LogP contribution < -0.4 is 0 Å². The van der Waals surface area contributed by atoms with E-state index in [4.69, 9.17) is 33.2 Å². The van der Waals surface area contributed by atoms with Crippen LogP contribution in [0.4, 0.5) is 0 Å². The summed E-state index contributed by atoms with van der Waals surface area (Å²) in [5.74, 6) is -2.40. The largest absolute Gasteiger partial charge is 0.394 e. The molecule has 3 rings (SSSR count). The second kappa shape index (κ2) is 8.73. The molecular formula is C20H30O8. The van der Waals surface area contributed by atoms with Crippen LogP contribution in [0.25, 0.3) is 0 Å². The highest BCUT2D eigenvalue weighted by molar-refractivity contribution is 5.13. The fraction of sp³-hybridized carbons (Fsp3) is 0.700. The Morgan fingerprint density at radius 3 is 2.11 bits per heavy atom. The van der Waals surface area contributed by atoms with E-state index in [0.717, 1.165) is 5.56 Å². The van der Waals surface area contributed by atoms with E-state index in [9.17, 15) is 5.11 Å². The van der Waals surface area contributed by atoms with Gasteiger partial charge in [-0.3, -0.25) is 0 Å². The molecule has 8 heteroatoms. The predicted octanol–water partition coefficient (Wildman–Crippen LogP) is 1.44. The molecule has 0 saturated carbocycles. The van der Waals surface area contributed by atoms with Crippen LogP contribution in [0.5, 0.6) is 0 Å². The van der Waals surface area contributed by atoms with Crippen LogP contribution in [0.1, 0.15) is 19.4 Å². The summed E-state index contributed by atoms with van der Waals surface area (Å²) in [5.41, 5.74) is 0.998. The van der Waals surface area contributed by atoms with E-state index in [1.807, 2.05) is 30.3 Å². The summed E-state index contributed by atoms with van der Waals surface area (Å²) in [6, 6.07) is 9.75. The number of methoxy groups -OCH3 is 3. The van der Waals surface area contributed by atoms with E-state index >= 15 is 0 Å². The van der Waals surface area contributed by atoms with Crippen LogP contribution in [0, 0.1) is 0 Å². The molecule has 0 spiro atoms. The van der Waals surface area contributed by atoms with Gasteiger partial charge >= 0.3 is 0 Å². The van der Waals surface area contributed by atoms with Crippen molar-refractivity contribution in [3.8, 4) is 0 Å². The lowest BCUT2D eigenvalue weighted by Gasteiger charge is -2.56. The Morgan fingerprint density at radius 2 is 1.57 bits per heavy atom. The molecule has 2 heterocycles. The monoisotopic (exact) mass is 398 g/mol. The van der Waals surface area contributed by atoms with Crippen molar-refractivity contribution in [3.05, 3.63) is 35.9 Å². The fourth-order valence-electron chi connectivity index (χ4n) is 3.64. The first-order valence-electron chi connectivity index (χ1n) is 9.32. The number of hydrogen-bond acceptors (Lipinski definition) is 8. The Bertz CT molecular complexity index is 628. The first-order chi connectivity index (χ1) is 13.4. The van der Waals surface area contributed by atoms with Crippen molar-refractivity contribution in [3.63, 3.8) is 0 Å². The number of aliphatic hydroxyl groups is 1. The summed E-state index contributed by atoms with van der Waals surface area (Å²) in [4.78, 5) is 0. The van der Waals surface area contributed by atoms with Gasteiger partial charge in [-0.15, -0.1) is 0 Å². The highest BCUT2D eigenvalue weighted by Crippen LogP contribution is 2.44. The SMILES string of the molecule is CO[C@H]1O[C@H](CO)[C@@H](OCc2ccccc2)[C@@H]2O[C@@](C)(OC)[C@](C)(OC)O[C@@H]12. The molecule has 7 atom stereocenters. The van der Waals surface area contributed by atoms with Gasteiger partial charge in [-0.25, -0.2) is 0 Å². The van der Waals surface area contributed by atoms with Gasteiger partial charge < -0.3 is 38.3 Å². The van der Waals surface area contributed by atoms with E-state index < -0.39 is 42.3 Å². The normalized spacial score (nSPS) is 40.9. The van der Waals surface area contributed by atoms with Gasteiger partial charge in [0, 0.05) is 21.3 Å². The lowest BCUT2D eigenvalue weighted by atomic mass is 9.94. The van der Waals surface area contributed by atoms with Crippen molar-refractivity contribution in [1.82, 2.24) is 0 Å². The van der Waals surface area contributed by atoms with Gasteiger partial charge in [-0.05, 0) is 19.4 Å². The van der Waals surface area contributed by atoms with Crippen LogP contribution >= 0.6 is 0 Å². The number of hydrogen-bond donors (Lipinski definition) is 1. The van der Waals surface area contributed by atoms with E-state index in [1.54, 1.807) is 13.8 Å². The molecule has 8 nitrogen and oxygen atoms in total. The fourth-order valence-corrected chi connectivity index (χ4v) is 3.64. The first-order valence-corrected chi connectivity index (χ1v) is 9.32. The number of rotatable bonds is 7. The molecule has 1 aromatic carbocycles. The Morgan fingerprint density at radius 1 is 0.964 bits per heavy atom. The van der Waals surface area contributed by atoms with Gasteiger partial charge in [0.2, 0.25) is 11.6 Å². The molecule has 0 unspecified atom stereocenters. The average molecular weight is 398 g/mol. The summed E-state index contributed by atoms with van der Waals surface area (Å²) in [7, 11) is 4.56. The molecule has 2 fully saturated rings. The molecule has 2 aliphatic heterocycles. The van der Waals surface area contributed by atoms with Crippen molar-refractivity contribution >= 4 is 0 Å². The Kier molecular flexibility index (Phi) is 6.73. The molecule has 0 amide bonds. The van der Waals surface area contributed by atoms with Crippen molar-refractivity contribution in [2.24, 2.45) is 0 Å². The molecule has 0 radical (unpaired) electrons. The molecular weight excluding hydrogens is 368 g/mol. The molecule has 2 aliphatic rings. The van der Waals surface area contributed by atoms with Crippen LogP contribution in [0.3, 0.4) is 0 Å². The predicted molar refractivity (Wildman–Crippen MR) is 98.3 cm³/mol. The first kappa shape index (κ1) is 21.6. The molecule has 1 aromatic rings. The minimum Gasteiger partial charge on any atom is -0.394 e. The van der Waals surface area contributed by atoms with E-state index in [-0.39, 0.29) is 6.61 Å². The van der Waals surface area contributed by atoms with Gasteiger partial charge in [0.15, 0.2) is 6.29 Å². The van der Waals surface area contributed by atoms with E-state index in [1.165, 1.54) is 21.3 Å². The van der Waals surface area contributed by atoms with Gasteiger partial charge in [0.1, 0.15) is 24.4 Å². The van der Waals surface area contributed by atoms with Gasteiger partial charge in [-0.1, -0.05) is 30.3 Å². The standard InChI is InChI=1S/C20H30O8/c1-19(23-4)20(2,24-5)28-17-16(27-19)15(14(11-21)26-18(17)22-3)25-12-13-9-7-6-8-10-13/h6-10,14-18,21H,11-12H2,1-5H3/t14-,15-,16+,17-,18+,19-,20-/m1/s1. The summed E-state index contributed by atoms with van der Waals surface area (Å²) in [6.45, 7) is 3.56. The molecule has 158 valence electrons. The lowest BCUT2D eigenvalue weighted by molar-refractivity contribution is -0.485. The van der Waals surface area contributed by atoms with Crippen LogP contribution in [-0.2, 0) is 39.8 Å². The summed E-state index contributed by atoms with van der Waals surface area (Å²) < 4.78 is 41.2. The highest BCUT2D eigenvalue weighted by Gasteiger charge is 2.62. The maximum absolute atomic E-state index is 9.89. The molecule has 0 aliphatic carbocycles. The van der Waals surface area contributed by atoms with Crippen LogP contribution in [0.2, 0.25) is 0 Å². The van der Waals surface area contributed by atoms with Gasteiger partial charge in [-0.2, -0.15) is 0 Å². The van der Waals surface area contributed by atoms with Gasteiger partial charge in [0.25, 0.3) is 0 Å². The summed E-state index contributed by atoms with van der Waals surface area (Å²) >= 11 is 0. The zero-order chi connectivity index (χ0) is 20.4. The van der Waals surface area contributed by atoms with E-state index in [0.29, 0.717) is 6.61 Å². The Hall–Kier alpha value is -1.10. The summed E-state index contributed by atoms with van der Waals surface area (Å²) in [5, 5.41) is 9.89. The highest BCUT2D eigenvalue weighted by atomic mass is 16.8. The average Bonchev–Trinajstić information content (AvgIpc) is 2.73.